The van der Waals surface area contributed by atoms with Crippen molar-refractivity contribution in [1.82, 2.24) is 5.32 Å². The fraction of sp³-hybridized carbons (Fsp3) is 0.364. The molecule has 0 atom stereocenters. The van der Waals surface area contributed by atoms with Crippen molar-refractivity contribution in [2.24, 2.45) is 5.73 Å². The molecule has 0 saturated carbocycles. The van der Waals surface area contributed by atoms with Crippen LogP contribution < -0.4 is 16.4 Å². The number of rotatable bonds is 5. The molecule has 0 aliphatic rings. The summed E-state index contributed by atoms with van der Waals surface area (Å²) in [5.74, 6) is -0.414. The molecule has 0 aliphatic heterocycles. The van der Waals surface area contributed by atoms with Crippen LogP contribution in [0.2, 0.25) is 0 Å². The van der Waals surface area contributed by atoms with Crippen LogP contribution in [0, 0.1) is 0 Å². The van der Waals surface area contributed by atoms with Crippen molar-refractivity contribution in [3.05, 3.63) is 29.8 Å². The summed E-state index contributed by atoms with van der Waals surface area (Å²) < 4.78 is 37.2. The summed E-state index contributed by atoms with van der Waals surface area (Å²) >= 11 is 0. The first-order chi connectivity index (χ1) is 8.43. The van der Waals surface area contributed by atoms with E-state index in [1.807, 2.05) is 0 Å². The highest BCUT2D eigenvalue weighted by Crippen LogP contribution is 2.30. The van der Waals surface area contributed by atoms with Gasteiger partial charge in [-0.3, -0.25) is 4.79 Å². The van der Waals surface area contributed by atoms with Gasteiger partial charge in [-0.25, -0.2) is 0 Å². The molecule has 4 nitrogen and oxygen atoms in total. The van der Waals surface area contributed by atoms with Gasteiger partial charge in [-0.2, -0.15) is 13.2 Å². The Morgan fingerprint density at radius 3 is 2.67 bits per heavy atom. The van der Waals surface area contributed by atoms with Crippen LogP contribution in [0.15, 0.2) is 24.3 Å². The number of nitrogens with two attached hydrogens (primary N) is 1. The minimum absolute atomic E-state index is 0.00739. The lowest BCUT2D eigenvalue weighted by atomic mass is 10.2. The molecule has 7 heteroatoms. The Bertz CT molecular complexity index is 407. The van der Waals surface area contributed by atoms with E-state index >= 15 is 0 Å². The Labute approximate surface area is 102 Å². The van der Waals surface area contributed by atoms with Crippen LogP contribution in [0.1, 0.15) is 5.56 Å². The van der Waals surface area contributed by atoms with Crippen LogP contribution in [0.4, 0.5) is 18.9 Å². The van der Waals surface area contributed by atoms with Crippen LogP contribution in [-0.4, -0.2) is 25.5 Å². The Morgan fingerprint density at radius 1 is 1.33 bits per heavy atom. The monoisotopic (exact) mass is 261 g/mol. The van der Waals surface area contributed by atoms with Gasteiger partial charge in [-0.1, -0.05) is 6.07 Å². The molecule has 1 amide bonds. The summed E-state index contributed by atoms with van der Waals surface area (Å²) in [5, 5.41) is 5.11. The van der Waals surface area contributed by atoms with Crippen LogP contribution in [0.3, 0.4) is 0 Å². The average Bonchev–Trinajstić information content (AvgIpc) is 2.28. The quantitative estimate of drug-likeness (QED) is 0.697. The number of anilines is 1. The maximum absolute atomic E-state index is 12.4. The molecular weight excluding hydrogens is 247 g/mol. The lowest BCUT2D eigenvalue weighted by Crippen LogP contribution is -2.31. The molecule has 1 aromatic rings. The molecule has 100 valence electrons. The molecule has 0 aromatic heterocycles. The van der Waals surface area contributed by atoms with E-state index in [9.17, 15) is 18.0 Å². The number of alkyl halides is 3. The first kappa shape index (κ1) is 14.5. The van der Waals surface area contributed by atoms with E-state index < -0.39 is 17.6 Å². The van der Waals surface area contributed by atoms with Gasteiger partial charge < -0.3 is 16.4 Å². The summed E-state index contributed by atoms with van der Waals surface area (Å²) in [4.78, 5) is 11.4. The third-order valence-electron chi connectivity index (χ3n) is 2.08. The third kappa shape index (κ3) is 4.72. The summed E-state index contributed by atoms with van der Waals surface area (Å²) in [6.45, 7) is 0.861. The summed E-state index contributed by atoms with van der Waals surface area (Å²) in [6, 6.07) is 4.48. The fourth-order valence-electron chi connectivity index (χ4n) is 1.28. The van der Waals surface area contributed by atoms with Crippen molar-refractivity contribution in [2.45, 2.75) is 6.18 Å². The zero-order valence-corrected chi connectivity index (χ0v) is 9.55. The normalized spacial score (nSPS) is 11.3. The lowest BCUT2D eigenvalue weighted by molar-refractivity contribution is -0.137. The second-order valence-electron chi connectivity index (χ2n) is 3.59. The molecule has 4 N–H and O–H groups in total. The van der Waals surface area contributed by atoms with Crippen molar-refractivity contribution in [2.75, 3.05) is 25.0 Å². The van der Waals surface area contributed by atoms with Crippen molar-refractivity contribution in [1.29, 1.82) is 0 Å². The van der Waals surface area contributed by atoms with E-state index in [0.29, 0.717) is 13.1 Å². The molecular formula is C11H14F3N3O. The van der Waals surface area contributed by atoms with Crippen molar-refractivity contribution < 1.29 is 18.0 Å². The molecule has 0 aliphatic carbocycles. The van der Waals surface area contributed by atoms with Crippen molar-refractivity contribution in [3.8, 4) is 0 Å². The number of hydrogen-bond donors (Lipinski definition) is 3. The smallest absolute Gasteiger partial charge is 0.329 e. The molecule has 0 unspecified atom stereocenters. The topological polar surface area (TPSA) is 67.1 Å². The van der Waals surface area contributed by atoms with Gasteiger partial charge in [0, 0.05) is 18.8 Å². The molecule has 0 heterocycles. The number of halogens is 3. The Morgan fingerprint density at radius 2 is 2.06 bits per heavy atom. The molecule has 18 heavy (non-hydrogen) atoms. The minimum Gasteiger partial charge on any atom is -0.329 e. The van der Waals surface area contributed by atoms with E-state index in [-0.39, 0.29) is 12.2 Å². The van der Waals surface area contributed by atoms with Gasteiger partial charge >= 0.3 is 6.18 Å². The standard InChI is InChI=1S/C11H14F3N3O/c12-11(13,14)8-2-1-3-9(6-8)17-10(18)7-16-5-4-15/h1-3,6,16H,4-5,7,15H2,(H,17,18). The summed E-state index contributed by atoms with van der Waals surface area (Å²) in [6.07, 6.45) is -4.42. The van der Waals surface area contributed by atoms with Crippen LogP contribution >= 0.6 is 0 Å². The SMILES string of the molecule is NCCNCC(=O)Nc1cccc(C(F)(F)F)c1. The van der Waals surface area contributed by atoms with E-state index in [4.69, 9.17) is 5.73 Å². The van der Waals surface area contributed by atoms with Gasteiger partial charge in [-0.15, -0.1) is 0 Å². The second kappa shape index (κ2) is 6.36. The number of carbonyl (C=O) groups is 1. The van der Waals surface area contributed by atoms with Crippen LogP contribution in [-0.2, 0) is 11.0 Å². The maximum Gasteiger partial charge on any atom is 0.416 e. The fourth-order valence-corrected chi connectivity index (χ4v) is 1.28. The molecule has 0 spiro atoms. The van der Waals surface area contributed by atoms with E-state index in [1.165, 1.54) is 12.1 Å². The summed E-state index contributed by atoms with van der Waals surface area (Å²) in [5.41, 5.74) is 4.53. The Kier molecular flexibility index (Phi) is 5.11. The second-order valence-corrected chi connectivity index (χ2v) is 3.59. The van der Waals surface area contributed by atoms with E-state index in [0.717, 1.165) is 12.1 Å². The molecule has 1 rings (SSSR count). The highest BCUT2D eigenvalue weighted by Gasteiger charge is 2.30. The minimum atomic E-state index is -4.42. The highest BCUT2D eigenvalue weighted by atomic mass is 19.4. The third-order valence-corrected chi connectivity index (χ3v) is 2.08. The molecule has 0 radical (unpaired) electrons. The Hall–Kier alpha value is -1.60. The Balaban J connectivity index is 2.60. The highest BCUT2D eigenvalue weighted by molar-refractivity contribution is 5.92. The predicted molar refractivity (Wildman–Crippen MR) is 62.0 cm³/mol. The van der Waals surface area contributed by atoms with Gasteiger partial charge in [-0.05, 0) is 18.2 Å². The first-order valence-electron chi connectivity index (χ1n) is 5.31. The molecule has 0 saturated heterocycles. The van der Waals surface area contributed by atoms with Gasteiger partial charge in [0.15, 0.2) is 0 Å². The predicted octanol–water partition coefficient (Wildman–Crippen LogP) is 1.19. The average molecular weight is 261 g/mol. The number of benzene rings is 1. The number of hydrogen-bond acceptors (Lipinski definition) is 3. The van der Waals surface area contributed by atoms with E-state index in [1.54, 1.807) is 0 Å². The van der Waals surface area contributed by atoms with Crippen LogP contribution in [0.5, 0.6) is 0 Å². The number of amides is 1. The van der Waals surface area contributed by atoms with Gasteiger partial charge in [0.25, 0.3) is 0 Å². The molecule has 0 fully saturated rings. The van der Waals surface area contributed by atoms with E-state index in [2.05, 4.69) is 10.6 Å². The largest absolute Gasteiger partial charge is 0.416 e. The van der Waals surface area contributed by atoms with Crippen LogP contribution in [0.25, 0.3) is 0 Å². The number of carbonyl (C=O) groups excluding carboxylic acids is 1. The molecule has 0 bridgehead atoms. The van der Waals surface area contributed by atoms with Crippen molar-refractivity contribution >= 4 is 11.6 Å². The van der Waals surface area contributed by atoms with Gasteiger partial charge in [0.05, 0.1) is 12.1 Å². The molecule has 1 aromatic carbocycles. The number of nitrogens with one attached hydrogen (secondary N) is 2. The van der Waals surface area contributed by atoms with Crippen molar-refractivity contribution in [3.63, 3.8) is 0 Å². The van der Waals surface area contributed by atoms with Gasteiger partial charge in [0.2, 0.25) is 5.91 Å². The summed E-state index contributed by atoms with van der Waals surface area (Å²) in [7, 11) is 0. The van der Waals surface area contributed by atoms with Gasteiger partial charge in [0.1, 0.15) is 0 Å². The maximum atomic E-state index is 12.4. The lowest BCUT2D eigenvalue weighted by Gasteiger charge is -2.10. The zero-order valence-electron chi connectivity index (χ0n) is 9.55. The zero-order chi connectivity index (χ0) is 13.6. The first-order valence-corrected chi connectivity index (χ1v) is 5.31.